The second-order valence-corrected chi connectivity index (χ2v) is 3.98. The second kappa shape index (κ2) is 5.49. The molecule has 0 fully saturated rings. The average molecular weight is 258 g/mol. The van der Waals surface area contributed by atoms with Crippen molar-refractivity contribution in [3.63, 3.8) is 0 Å². The number of benzene rings is 1. The maximum Gasteiger partial charge on any atom is 0.341 e. The zero-order valence-electron chi connectivity index (χ0n) is 10.5. The van der Waals surface area contributed by atoms with Crippen LogP contribution in [0.15, 0.2) is 36.4 Å². The number of carbonyl (C=O) groups excluding carboxylic acids is 1. The molecule has 0 aliphatic rings. The third-order valence-corrected chi connectivity index (χ3v) is 2.76. The smallest absolute Gasteiger partial charge is 0.341 e. The second-order valence-electron chi connectivity index (χ2n) is 3.98. The lowest BCUT2D eigenvalue weighted by atomic mass is 10.1. The van der Waals surface area contributed by atoms with E-state index in [4.69, 9.17) is 10.8 Å². The van der Waals surface area contributed by atoms with E-state index in [1.54, 1.807) is 24.3 Å². The quantitative estimate of drug-likeness (QED) is 0.817. The summed E-state index contributed by atoms with van der Waals surface area (Å²) in [5.41, 5.74) is 8.33. The number of carbonyl (C=O) groups is 1. The molecule has 0 saturated heterocycles. The summed E-state index contributed by atoms with van der Waals surface area (Å²) < 4.78 is 4.61. The number of ether oxygens (including phenoxy) is 1. The van der Waals surface area contributed by atoms with Crippen LogP contribution < -0.4 is 5.73 Å². The molecule has 1 aromatic heterocycles. The molecular weight excluding hydrogens is 244 g/mol. The van der Waals surface area contributed by atoms with Crippen LogP contribution in [0.2, 0.25) is 0 Å². The van der Waals surface area contributed by atoms with Gasteiger partial charge in [0.2, 0.25) is 0 Å². The number of nitrogen functional groups attached to an aromatic ring is 1. The summed E-state index contributed by atoms with van der Waals surface area (Å²) in [5, 5.41) is 8.98. The molecule has 98 valence electrons. The fraction of sp³-hybridized carbons (Fsp3) is 0.143. The molecule has 0 bridgehead atoms. The number of aliphatic hydroxyl groups excluding tert-OH is 1. The van der Waals surface area contributed by atoms with Crippen molar-refractivity contribution in [3.8, 4) is 11.3 Å². The summed E-state index contributed by atoms with van der Waals surface area (Å²) in [6.45, 7) is -0.00285. The van der Waals surface area contributed by atoms with Crippen molar-refractivity contribution >= 4 is 11.8 Å². The normalized spacial score (nSPS) is 10.2. The largest absolute Gasteiger partial charge is 0.465 e. The predicted molar refractivity (Wildman–Crippen MR) is 71.3 cm³/mol. The van der Waals surface area contributed by atoms with Gasteiger partial charge in [0.15, 0.2) is 0 Å². The third kappa shape index (κ3) is 2.71. The minimum Gasteiger partial charge on any atom is -0.465 e. The Labute approximate surface area is 110 Å². The molecule has 1 aromatic carbocycles. The van der Waals surface area contributed by atoms with E-state index in [9.17, 15) is 4.79 Å². The Morgan fingerprint density at radius 2 is 1.95 bits per heavy atom. The van der Waals surface area contributed by atoms with Crippen LogP contribution in [-0.4, -0.2) is 23.2 Å². The van der Waals surface area contributed by atoms with Crippen LogP contribution in [0.5, 0.6) is 0 Å². The SMILES string of the molecule is COC(=O)c1ccc(-c2ccc(CO)cc2)nc1N. The Kier molecular flexibility index (Phi) is 3.77. The van der Waals surface area contributed by atoms with Crippen LogP contribution in [-0.2, 0) is 11.3 Å². The van der Waals surface area contributed by atoms with Crippen LogP contribution >= 0.6 is 0 Å². The number of nitrogens with two attached hydrogens (primary N) is 1. The van der Waals surface area contributed by atoms with Gasteiger partial charge >= 0.3 is 5.97 Å². The highest BCUT2D eigenvalue weighted by Gasteiger charge is 2.12. The van der Waals surface area contributed by atoms with Gasteiger partial charge in [-0.2, -0.15) is 0 Å². The number of anilines is 1. The van der Waals surface area contributed by atoms with Gasteiger partial charge in [-0.05, 0) is 17.7 Å². The van der Waals surface area contributed by atoms with Crippen molar-refractivity contribution in [2.24, 2.45) is 0 Å². The molecule has 1 heterocycles. The van der Waals surface area contributed by atoms with Gasteiger partial charge in [0, 0.05) is 5.56 Å². The zero-order chi connectivity index (χ0) is 13.8. The maximum atomic E-state index is 11.4. The van der Waals surface area contributed by atoms with Crippen molar-refractivity contribution in [2.45, 2.75) is 6.61 Å². The molecule has 0 aliphatic carbocycles. The van der Waals surface area contributed by atoms with Gasteiger partial charge in [-0.1, -0.05) is 24.3 Å². The van der Waals surface area contributed by atoms with E-state index in [-0.39, 0.29) is 18.0 Å². The molecule has 5 heteroatoms. The van der Waals surface area contributed by atoms with Crippen LogP contribution in [0.3, 0.4) is 0 Å². The lowest BCUT2D eigenvalue weighted by molar-refractivity contribution is 0.0601. The van der Waals surface area contributed by atoms with E-state index in [0.29, 0.717) is 5.69 Å². The van der Waals surface area contributed by atoms with Gasteiger partial charge < -0.3 is 15.6 Å². The van der Waals surface area contributed by atoms with E-state index in [1.165, 1.54) is 7.11 Å². The molecule has 0 aliphatic heterocycles. The van der Waals surface area contributed by atoms with E-state index >= 15 is 0 Å². The molecule has 19 heavy (non-hydrogen) atoms. The fourth-order valence-electron chi connectivity index (χ4n) is 1.70. The van der Waals surface area contributed by atoms with Gasteiger partial charge in [0.05, 0.1) is 19.4 Å². The number of esters is 1. The van der Waals surface area contributed by atoms with Gasteiger partial charge in [-0.3, -0.25) is 0 Å². The maximum absolute atomic E-state index is 11.4. The molecule has 0 spiro atoms. The van der Waals surface area contributed by atoms with Crippen LogP contribution in [0.1, 0.15) is 15.9 Å². The molecule has 2 aromatic rings. The molecule has 0 radical (unpaired) electrons. The lowest BCUT2D eigenvalue weighted by Gasteiger charge is -2.06. The standard InChI is InChI=1S/C14H14N2O3/c1-19-14(18)11-6-7-12(16-13(11)15)10-4-2-9(8-17)3-5-10/h2-7,17H,8H2,1H3,(H2,15,16). The van der Waals surface area contributed by atoms with Crippen LogP contribution in [0.4, 0.5) is 5.82 Å². The van der Waals surface area contributed by atoms with Crippen molar-refractivity contribution in [1.29, 1.82) is 0 Å². The monoisotopic (exact) mass is 258 g/mol. The highest BCUT2D eigenvalue weighted by molar-refractivity contribution is 5.94. The number of rotatable bonds is 3. The van der Waals surface area contributed by atoms with E-state index in [2.05, 4.69) is 9.72 Å². The predicted octanol–water partition coefficient (Wildman–Crippen LogP) is 1.61. The van der Waals surface area contributed by atoms with Crippen LogP contribution in [0, 0.1) is 0 Å². The number of aliphatic hydroxyl groups is 1. The first-order valence-electron chi connectivity index (χ1n) is 5.70. The molecule has 5 nitrogen and oxygen atoms in total. The number of hydrogen-bond acceptors (Lipinski definition) is 5. The average Bonchev–Trinajstić information content (AvgIpc) is 2.46. The summed E-state index contributed by atoms with van der Waals surface area (Å²) in [5.74, 6) is -0.372. The molecular formula is C14H14N2O3. The Balaban J connectivity index is 2.35. The van der Waals surface area contributed by atoms with E-state index < -0.39 is 5.97 Å². The number of aromatic nitrogens is 1. The number of methoxy groups -OCH3 is 1. The van der Waals surface area contributed by atoms with Crippen LogP contribution in [0.25, 0.3) is 11.3 Å². The minimum atomic E-state index is -0.507. The van der Waals surface area contributed by atoms with Crippen molar-refractivity contribution in [1.82, 2.24) is 4.98 Å². The summed E-state index contributed by atoms with van der Waals surface area (Å²) in [6, 6.07) is 10.6. The first-order chi connectivity index (χ1) is 9.15. The summed E-state index contributed by atoms with van der Waals surface area (Å²) in [4.78, 5) is 15.6. The number of hydrogen-bond donors (Lipinski definition) is 2. The summed E-state index contributed by atoms with van der Waals surface area (Å²) in [6.07, 6.45) is 0. The third-order valence-electron chi connectivity index (χ3n) is 2.76. The topological polar surface area (TPSA) is 85.4 Å². The first-order valence-corrected chi connectivity index (χ1v) is 5.70. The van der Waals surface area contributed by atoms with Crippen molar-refractivity contribution in [3.05, 3.63) is 47.5 Å². The van der Waals surface area contributed by atoms with Crippen molar-refractivity contribution in [2.75, 3.05) is 12.8 Å². The Bertz CT molecular complexity index is 594. The van der Waals surface area contributed by atoms with E-state index in [1.807, 2.05) is 12.1 Å². The number of nitrogens with zero attached hydrogens (tertiary/aromatic N) is 1. The van der Waals surface area contributed by atoms with Gasteiger partial charge in [-0.15, -0.1) is 0 Å². The molecule has 0 amide bonds. The highest BCUT2D eigenvalue weighted by atomic mass is 16.5. The van der Waals surface area contributed by atoms with Gasteiger partial charge in [-0.25, -0.2) is 9.78 Å². The van der Waals surface area contributed by atoms with E-state index in [0.717, 1.165) is 11.1 Å². The molecule has 0 atom stereocenters. The molecule has 3 N–H and O–H groups in total. The highest BCUT2D eigenvalue weighted by Crippen LogP contribution is 2.21. The van der Waals surface area contributed by atoms with Crippen molar-refractivity contribution < 1.29 is 14.6 Å². The molecule has 0 unspecified atom stereocenters. The summed E-state index contributed by atoms with van der Waals surface area (Å²) >= 11 is 0. The zero-order valence-corrected chi connectivity index (χ0v) is 10.5. The lowest BCUT2D eigenvalue weighted by Crippen LogP contribution is -2.07. The Morgan fingerprint density at radius 3 is 2.47 bits per heavy atom. The Morgan fingerprint density at radius 1 is 1.26 bits per heavy atom. The molecule has 2 rings (SSSR count). The number of pyridine rings is 1. The van der Waals surface area contributed by atoms with Gasteiger partial charge in [0.1, 0.15) is 11.4 Å². The Hall–Kier alpha value is -2.40. The summed E-state index contributed by atoms with van der Waals surface area (Å²) in [7, 11) is 1.29. The first kappa shape index (κ1) is 13.0. The van der Waals surface area contributed by atoms with Gasteiger partial charge in [0.25, 0.3) is 0 Å². The molecule has 0 saturated carbocycles. The minimum absolute atomic E-state index is 0.00285. The fourth-order valence-corrected chi connectivity index (χ4v) is 1.70.